The first-order valence-electron chi connectivity index (χ1n) is 51.8. The summed E-state index contributed by atoms with van der Waals surface area (Å²) in [4.78, 5) is 51.3. The molecule has 140 heavy (non-hydrogen) atoms. The molecule has 9 nitrogen and oxygen atoms in total. The summed E-state index contributed by atoms with van der Waals surface area (Å²) < 4.78 is 0. The number of aryl methyl sites for hydroxylation is 4. The first-order valence-corrected chi connectivity index (χ1v) is 62.3. The van der Waals surface area contributed by atoms with Gasteiger partial charge in [-0.1, -0.05) is 314 Å². The summed E-state index contributed by atoms with van der Waals surface area (Å²) in [6.07, 6.45) is 30.5. The Morgan fingerprint density at radius 2 is 0.886 bits per heavy atom. The monoisotopic (exact) mass is 2450 g/mol. The molecule has 10 aliphatic rings. The van der Waals surface area contributed by atoms with Gasteiger partial charge in [0.1, 0.15) is 11.5 Å². The number of aliphatic hydroxyl groups is 3. The van der Waals surface area contributed by atoms with Crippen molar-refractivity contribution >= 4 is 89.8 Å². The number of aromatic nitrogens is 3. The summed E-state index contributed by atoms with van der Waals surface area (Å²) in [6.45, 7) is 40.0. The second-order valence-corrected chi connectivity index (χ2v) is 60.6. The van der Waals surface area contributed by atoms with E-state index in [-0.39, 0.29) is 100 Å². The Morgan fingerprint density at radius 3 is 1.34 bits per heavy atom. The Hall–Kier alpha value is -8.56. The van der Waals surface area contributed by atoms with E-state index in [1.165, 1.54) is 170 Å². The topological polar surface area (TPSA) is 151 Å². The first kappa shape index (κ1) is 110. The van der Waals surface area contributed by atoms with Gasteiger partial charge in [-0.3, -0.25) is 29.3 Å². The number of hydrogen-bond acceptors (Lipinski definition) is 9. The molecule has 8 bridgehead atoms. The van der Waals surface area contributed by atoms with Crippen molar-refractivity contribution in [3.8, 4) is 67.2 Å². The summed E-state index contributed by atoms with van der Waals surface area (Å²) in [5.74, 6) is 7.35. The summed E-state index contributed by atoms with van der Waals surface area (Å²) in [5.41, 5.74) is 23.9. The number of hydrogen-bond donors (Lipinski definition) is 3. The molecule has 3 radical (unpaired) electrons. The molecule has 0 atom stereocenters. The summed E-state index contributed by atoms with van der Waals surface area (Å²) >= 11 is 0. The van der Waals surface area contributed by atoms with E-state index in [2.05, 4.69) is 319 Å². The van der Waals surface area contributed by atoms with Crippen LogP contribution in [0.15, 0.2) is 241 Å². The second kappa shape index (κ2) is 48.0. The van der Waals surface area contributed by atoms with E-state index in [1.807, 2.05) is 13.0 Å². The zero-order chi connectivity index (χ0) is 97.4. The predicted octanol–water partition coefficient (Wildman–Crippen LogP) is 31.9. The van der Waals surface area contributed by atoms with Crippen molar-refractivity contribution in [2.45, 2.75) is 281 Å². The number of nitrogens with zero attached hydrogens (tertiary/aromatic N) is 3. The molecule has 22 rings (SSSR count). The summed E-state index contributed by atoms with van der Waals surface area (Å²) in [6, 6.07) is 84.1. The molecule has 15 heteroatoms. The van der Waals surface area contributed by atoms with Crippen LogP contribution in [0.2, 0.25) is 58.9 Å². The van der Waals surface area contributed by atoms with Crippen LogP contribution in [0.3, 0.4) is 0 Å². The van der Waals surface area contributed by atoms with Gasteiger partial charge in [-0.05, 0) is 225 Å². The predicted molar refractivity (Wildman–Crippen MR) is 583 cm³/mol. The van der Waals surface area contributed by atoms with Crippen LogP contribution in [-0.2, 0) is 74.7 Å². The van der Waals surface area contributed by atoms with Crippen LogP contribution in [0.25, 0.3) is 99.9 Å². The Morgan fingerprint density at radius 1 is 0.443 bits per heavy atom. The van der Waals surface area contributed by atoms with E-state index >= 15 is 0 Å². The number of carbonyl (C=O) groups excluding carboxylic acids is 3. The molecule has 3 heterocycles. The van der Waals surface area contributed by atoms with Crippen LogP contribution in [0.1, 0.15) is 222 Å². The number of Topliss-reactive ketones (excluding diaryl/α,β-unsaturated/α-hetero) is 1. The van der Waals surface area contributed by atoms with E-state index in [0.717, 1.165) is 156 Å². The van der Waals surface area contributed by atoms with E-state index in [0.29, 0.717) is 41.6 Å². The van der Waals surface area contributed by atoms with E-state index in [9.17, 15) is 24.6 Å². The number of pyridine rings is 3. The van der Waals surface area contributed by atoms with Gasteiger partial charge in [-0.25, -0.2) is 0 Å². The number of benzene rings is 9. The molecule has 743 valence electrons. The largest absolute Gasteiger partial charge is 0.512 e. The zero-order valence-corrected chi connectivity index (χ0v) is 96.5. The van der Waals surface area contributed by atoms with Crippen molar-refractivity contribution < 1.29 is 90.0 Å². The van der Waals surface area contributed by atoms with Gasteiger partial charge in [0.2, 0.25) is 0 Å². The molecule has 0 spiro atoms. The van der Waals surface area contributed by atoms with Gasteiger partial charge in [-0.2, -0.15) is 0 Å². The molecular weight excluding hydrogens is 2300 g/mol. The molecule has 3 aromatic heterocycles. The molecule has 9 aromatic carbocycles. The fourth-order valence-electron chi connectivity index (χ4n) is 24.6. The number of aliphatic hydroxyl groups excluding tert-OH is 3. The molecule has 0 unspecified atom stereocenters. The van der Waals surface area contributed by atoms with Gasteiger partial charge in [0, 0.05) is 124 Å². The van der Waals surface area contributed by atoms with Crippen molar-refractivity contribution in [2.24, 2.45) is 58.2 Å². The van der Waals surface area contributed by atoms with Gasteiger partial charge in [-0.15, -0.1) is 105 Å². The molecule has 0 saturated heterocycles. The molecule has 0 amide bonds. The average molecular weight is 2450 g/mol. The van der Waals surface area contributed by atoms with Gasteiger partial charge < -0.3 is 15.3 Å². The molecule has 0 aliphatic heterocycles. The van der Waals surface area contributed by atoms with E-state index < -0.39 is 24.2 Å². The third-order valence-electron chi connectivity index (χ3n) is 31.3. The molecule has 12 aromatic rings. The van der Waals surface area contributed by atoms with E-state index in [4.69, 9.17) is 20.1 Å². The van der Waals surface area contributed by atoms with Crippen LogP contribution in [-0.4, -0.2) is 71.8 Å². The van der Waals surface area contributed by atoms with Gasteiger partial charge in [0.05, 0.1) is 46.5 Å². The summed E-state index contributed by atoms with van der Waals surface area (Å²) in [7, 11) is -4.52. The van der Waals surface area contributed by atoms with Crippen LogP contribution >= 0.6 is 0 Å². The second-order valence-electron chi connectivity index (χ2n) is 45.4. The fourth-order valence-corrected chi connectivity index (χ4v) is 29.4. The van der Waals surface area contributed by atoms with Gasteiger partial charge in [0.25, 0.3) is 0 Å². The van der Waals surface area contributed by atoms with Crippen LogP contribution in [0.4, 0.5) is 0 Å². The van der Waals surface area contributed by atoms with Crippen LogP contribution < -0.4 is 15.6 Å². The Labute approximate surface area is 881 Å². The Balaban J connectivity index is 0.000000153. The Bertz CT molecular complexity index is 6340. The maximum Gasteiger partial charge on any atom is 0.165 e. The molecule has 10 fully saturated rings. The molecule has 10 saturated carbocycles. The van der Waals surface area contributed by atoms with Crippen LogP contribution in [0.5, 0.6) is 0 Å². The van der Waals surface area contributed by atoms with Crippen molar-refractivity contribution in [2.75, 3.05) is 0 Å². The minimum atomic E-state index is -1.51. The quantitative estimate of drug-likeness (QED) is 0.0311. The number of carbonyl (C=O) groups is 3. The number of fused-ring (bicyclic) bond motifs is 3. The third kappa shape index (κ3) is 26.6. The third-order valence-corrected chi connectivity index (χ3v) is 37.4. The number of ketones is 3. The minimum absolute atomic E-state index is 0. The minimum Gasteiger partial charge on any atom is -0.512 e. The van der Waals surface area contributed by atoms with Crippen molar-refractivity contribution in [3.63, 3.8) is 0 Å². The van der Waals surface area contributed by atoms with Crippen molar-refractivity contribution in [1.29, 1.82) is 0 Å². The van der Waals surface area contributed by atoms with Gasteiger partial charge >= 0.3 is 0 Å². The first-order chi connectivity index (χ1) is 65.4. The molecule has 3 N–H and O–H groups in total. The van der Waals surface area contributed by atoms with Gasteiger partial charge in [0.15, 0.2) is 17.3 Å². The SMILES string of the molecule is CC(C(=O)C1CCCCC1)=C(O)C1CCCCC1.CC(C)c1cc[c-]c(-c2ccc3c(-c4ccccc4)c([Si](C)(C)C)ccc3n2)c1.CCC(=O)C=C(O)CC.Cc1[c-]c(-c2ccc3cc([Si](C)(C)C)c(-c4ccccc4)cc3n2)cc(C)c1.Cc1c[c-]c(-c2ccc3c(-c4ccccc4)c([Si](C)(C)C)ccc3n2)cc1C.O=C(C=C(O)C12CC3CC(CC(C3)C1)C2)C12CC3CC(CC(C3)C1)C2.[Ir].[Ir].[Ir]. The smallest absolute Gasteiger partial charge is 0.165 e. The van der Waals surface area contributed by atoms with Crippen molar-refractivity contribution in [3.05, 3.63) is 287 Å². The number of allylic oxidation sites excluding steroid dienone is 6. The summed E-state index contributed by atoms with van der Waals surface area (Å²) in [5, 5.41) is 38.4. The maximum absolute atomic E-state index is 13.4. The molecule has 10 aliphatic carbocycles. The Kier molecular flexibility index (Phi) is 37.8. The number of rotatable bonds is 19. The van der Waals surface area contributed by atoms with Crippen LogP contribution in [0, 0.1) is 104 Å². The zero-order valence-electron chi connectivity index (χ0n) is 86.4. The average Bonchev–Trinajstić information content (AvgIpc) is 0.727. The molecular formula is C125H150Ir3N3O6Si3-3. The maximum atomic E-state index is 13.4. The normalized spacial score (nSPS) is 21.1. The fraction of sp³-hybridized carbons (Fsp3) is 0.424. The van der Waals surface area contributed by atoms with E-state index in [1.54, 1.807) is 19.9 Å². The standard InChI is InChI=1S/C27H28NSi.2C26H26NSi.C23H32O2.C16H26O2.C7H12O2.3Ir/c1-19(2)21-12-9-13-22(18-21)24-15-14-23-25(28-24)16-17-26(29(3,4)5)27(23)20-10-7-6-8-11-20;1-18-13-19(2)15-22(14-18)24-12-11-21-16-26(28(3,4)5)23(17-25(21)27-24)20-9-7-6-8-10-20;1-18-11-12-21(17-19(18)2)23-14-13-22-24(27-23)15-16-25(28(3,4)5)26(22)20-9-7-6-8-10-20;24-20(22-8-14-1-15(9-22)3-16(2-14)10-22)7-21(25)23-11-17-4-18(12-23)6-19(5-17)13-23;1-12(15(17)13-8-4-2-5-9-13)16(18)14-10-6-3-7-11-14;1-3-6(8)5-7(9)4-2;;;/h6-12,14-19H,1-5H3;6-14,16-17H,1-5H3;6-11,13-17H,1-5H3;7,14-19,24H,1-6,8-13H2;13-14,17H,2-11H2,1H3;5,8H,3-4H2,1-2H3;;;/q3*-1;;;;;;. The van der Waals surface area contributed by atoms with Crippen molar-refractivity contribution in [1.82, 2.24) is 15.0 Å².